The van der Waals surface area contributed by atoms with Gasteiger partial charge in [0.15, 0.2) is 5.13 Å². The van der Waals surface area contributed by atoms with Gasteiger partial charge >= 0.3 is 5.97 Å². The van der Waals surface area contributed by atoms with E-state index in [1.165, 1.54) is 22.3 Å². The summed E-state index contributed by atoms with van der Waals surface area (Å²) in [6.07, 6.45) is 1.55. The van der Waals surface area contributed by atoms with Crippen molar-refractivity contribution in [2.45, 2.75) is 13.3 Å². The molecule has 1 amide bonds. The van der Waals surface area contributed by atoms with E-state index in [4.69, 9.17) is 4.74 Å². The molecule has 0 saturated carbocycles. The number of anilines is 1. The minimum Gasteiger partial charge on any atom is -0.466 e. The highest BCUT2D eigenvalue weighted by Crippen LogP contribution is 2.17. The molecule has 9 nitrogen and oxygen atoms in total. The highest BCUT2D eigenvalue weighted by molar-refractivity contribution is 7.14. The van der Waals surface area contributed by atoms with Crippen LogP contribution in [0.25, 0.3) is 5.69 Å². The van der Waals surface area contributed by atoms with Crippen molar-refractivity contribution in [1.29, 1.82) is 0 Å². The van der Waals surface area contributed by atoms with Crippen molar-refractivity contribution in [3.8, 4) is 5.69 Å². The summed E-state index contributed by atoms with van der Waals surface area (Å²) in [5, 5.41) is 15.7. The summed E-state index contributed by atoms with van der Waals surface area (Å²) >= 11 is 1.25. The lowest BCUT2D eigenvalue weighted by Gasteiger charge is -2.03. The fourth-order valence-corrected chi connectivity index (χ4v) is 2.73. The van der Waals surface area contributed by atoms with E-state index in [1.807, 2.05) is 0 Å². The Morgan fingerprint density at radius 3 is 2.76 bits per heavy atom. The molecule has 0 bridgehead atoms. The summed E-state index contributed by atoms with van der Waals surface area (Å²) in [7, 11) is 0. The standard InChI is InChI=1S/C15H14N6O3S/c1-2-24-13(22)7-11-8-25-15(17-11)18-14(23)10-3-5-12(6-4-10)21-9-16-19-20-21/h3-6,8-9H,2,7H2,1H3,(H,17,18,23). The summed E-state index contributed by atoms with van der Waals surface area (Å²) in [4.78, 5) is 27.9. The topological polar surface area (TPSA) is 112 Å². The van der Waals surface area contributed by atoms with Crippen LogP contribution in [0.4, 0.5) is 5.13 Å². The Morgan fingerprint density at radius 2 is 2.08 bits per heavy atom. The number of hydrogen-bond donors (Lipinski definition) is 1. The van der Waals surface area contributed by atoms with Crippen molar-refractivity contribution in [3.05, 3.63) is 47.2 Å². The van der Waals surface area contributed by atoms with Gasteiger partial charge in [-0.2, -0.15) is 0 Å². The lowest BCUT2D eigenvalue weighted by molar-refractivity contribution is -0.142. The van der Waals surface area contributed by atoms with Gasteiger partial charge in [0.25, 0.3) is 5.91 Å². The second-order valence-electron chi connectivity index (χ2n) is 4.88. The minimum atomic E-state index is -0.344. The molecule has 1 N–H and O–H groups in total. The van der Waals surface area contributed by atoms with Crippen LogP contribution in [-0.4, -0.2) is 43.7 Å². The van der Waals surface area contributed by atoms with E-state index in [2.05, 4.69) is 25.8 Å². The first kappa shape index (κ1) is 16.7. The van der Waals surface area contributed by atoms with Gasteiger partial charge in [0.1, 0.15) is 6.33 Å². The van der Waals surface area contributed by atoms with Gasteiger partial charge in [-0.05, 0) is 41.6 Å². The van der Waals surface area contributed by atoms with Crippen molar-refractivity contribution in [2.24, 2.45) is 0 Å². The molecule has 0 spiro atoms. The number of hydrogen-bond acceptors (Lipinski definition) is 8. The van der Waals surface area contributed by atoms with Gasteiger partial charge in [-0.25, -0.2) is 9.67 Å². The van der Waals surface area contributed by atoms with Crippen molar-refractivity contribution in [3.63, 3.8) is 0 Å². The molecule has 0 fully saturated rings. The first-order valence-electron chi connectivity index (χ1n) is 7.40. The molecule has 25 heavy (non-hydrogen) atoms. The first-order chi connectivity index (χ1) is 12.2. The summed E-state index contributed by atoms with van der Waals surface area (Å²) in [6.45, 7) is 2.07. The van der Waals surface area contributed by atoms with E-state index in [-0.39, 0.29) is 18.3 Å². The van der Waals surface area contributed by atoms with Crippen molar-refractivity contribution < 1.29 is 14.3 Å². The molecular weight excluding hydrogens is 344 g/mol. The van der Waals surface area contributed by atoms with Gasteiger partial charge in [0, 0.05) is 10.9 Å². The third kappa shape index (κ3) is 4.23. The van der Waals surface area contributed by atoms with Crippen molar-refractivity contribution in [2.75, 3.05) is 11.9 Å². The minimum absolute atomic E-state index is 0.0842. The molecule has 0 aliphatic carbocycles. The van der Waals surface area contributed by atoms with Crippen LogP contribution in [0.2, 0.25) is 0 Å². The van der Waals surface area contributed by atoms with Crippen LogP contribution in [0.5, 0.6) is 0 Å². The van der Waals surface area contributed by atoms with Crippen molar-refractivity contribution >= 4 is 28.3 Å². The van der Waals surface area contributed by atoms with Gasteiger partial charge in [0.2, 0.25) is 0 Å². The summed E-state index contributed by atoms with van der Waals surface area (Å²) in [6, 6.07) is 6.80. The number of nitrogens with one attached hydrogen (secondary N) is 1. The van der Waals surface area contributed by atoms with Crippen LogP contribution in [0, 0.1) is 0 Å². The Hall–Kier alpha value is -3.14. The molecule has 10 heteroatoms. The summed E-state index contributed by atoms with van der Waals surface area (Å²) in [5.74, 6) is -0.635. The Kier molecular flexibility index (Phi) is 5.09. The molecule has 0 aliphatic rings. The maximum Gasteiger partial charge on any atom is 0.311 e. The maximum atomic E-state index is 12.3. The number of ether oxygens (including phenoxy) is 1. The van der Waals surface area contributed by atoms with Gasteiger partial charge in [-0.15, -0.1) is 16.4 Å². The fourth-order valence-electron chi connectivity index (χ4n) is 2.02. The fraction of sp³-hybridized carbons (Fsp3) is 0.200. The number of benzene rings is 1. The molecule has 1 aromatic carbocycles. The maximum absolute atomic E-state index is 12.3. The van der Waals surface area contributed by atoms with Gasteiger partial charge in [0.05, 0.1) is 24.4 Å². The lowest BCUT2D eigenvalue weighted by atomic mass is 10.2. The van der Waals surface area contributed by atoms with Crippen LogP contribution in [0.3, 0.4) is 0 Å². The van der Waals surface area contributed by atoms with Crippen LogP contribution in [-0.2, 0) is 16.0 Å². The molecule has 3 rings (SSSR count). The quantitative estimate of drug-likeness (QED) is 0.664. The zero-order chi connectivity index (χ0) is 17.6. The van der Waals surface area contributed by atoms with E-state index in [9.17, 15) is 9.59 Å². The molecule has 0 saturated heterocycles. The Labute approximate surface area is 146 Å². The zero-order valence-corrected chi connectivity index (χ0v) is 14.1. The normalized spacial score (nSPS) is 10.4. The molecule has 0 unspecified atom stereocenters. The number of amides is 1. The number of nitrogens with zero attached hydrogens (tertiary/aromatic N) is 5. The van der Waals surface area contributed by atoms with E-state index < -0.39 is 0 Å². The highest BCUT2D eigenvalue weighted by atomic mass is 32.1. The van der Waals surface area contributed by atoms with Crippen LogP contribution in [0.1, 0.15) is 23.0 Å². The molecule has 0 aliphatic heterocycles. The van der Waals surface area contributed by atoms with E-state index in [0.717, 1.165) is 5.69 Å². The Bertz CT molecular complexity index is 860. The second kappa shape index (κ2) is 7.62. The molecule has 0 radical (unpaired) electrons. The van der Waals surface area contributed by atoms with Crippen LogP contribution < -0.4 is 5.32 Å². The van der Waals surface area contributed by atoms with Crippen LogP contribution >= 0.6 is 11.3 Å². The number of esters is 1. The number of aromatic nitrogens is 5. The monoisotopic (exact) mass is 358 g/mol. The summed E-state index contributed by atoms with van der Waals surface area (Å²) < 4.78 is 6.36. The number of rotatable bonds is 6. The Balaban J connectivity index is 1.62. The van der Waals surface area contributed by atoms with E-state index >= 15 is 0 Å². The third-order valence-corrected chi connectivity index (χ3v) is 3.95. The molecular formula is C15H14N6O3S. The first-order valence-corrected chi connectivity index (χ1v) is 8.28. The van der Waals surface area contributed by atoms with Gasteiger partial charge < -0.3 is 4.74 Å². The van der Waals surface area contributed by atoms with Gasteiger partial charge in [-0.1, -0.05) is 0 Å². The second-order valence-corrected chi connectivity index (χ2v) is 5.74. The van der Waals surface area contributed by atoms with Crippen LogP contribution in [0.15, 0.2) is 36.0 Å². The van der Waals surface area contributed by atoms with E-state index in [0.29, 0.717) is 23.0 Å². The predicted octanol–water partition coefficient (Wildman–Crippen LogP) is 1.48. The average Bonchev–Trinajstić information content (AvgIpc) is 3.27. The average molecular weight is 358 g/mol. The molecule has 128 valence electrons. The lowest BCUT2D eigenvalue weighted by Crippen LogP contribution is -2.12. The number of carbonyl (C=O) groups is 2. The molecule has 2 aromatic heterocycles. The van der Waals surface area contributed by atoms with Gasteiger partial charge in [-0.3, -0.25) is 14.9 Å². The molecule has 3 aromatic rings. The molecule has 2 heterocycles. The number of carbonyl (C=O) groups excluding carboxylic acids is 2. The largest absolute Gasteiger partial charge is 0.466 e. The highest BCUT2D eigenvalue weighted by Gasteiger charge is 2.12. The molecule has 0 atom stereocenters. The van der Waals surface area contributed by atoms with Crippen molar-refractivity contribution in [1.82, 2.24) is 25.2 Å². The SMILES string of the molecule is CCOC(=O)Cc1csc(NC(=O)c2ccc(-n3cnnn3)cc2)n1. The smallest absolute Gasteiger partial charge is 0.311 e. The Morgan fingerprint density at radius 1 is 1.28 bits per heavy atom. The number of thiazole rings is 1. The number of tetrazole rings is 1. The third-order valence-electron chi connectivity index (χ3n) is 3.15. The summed E-state index contributed by atoms with van der Waals surface area (Å²) in [5.41, 5.74) is 1.78. The predicted molar refractivity (Wildman–Crippen MR) is 89.6 cm³/mol. The van der Waals surface area contributed by atoms with E-state index in [1.54, 1.807) is 36.6 Å². The zero-order valence-electron chi connectivity index (χ0n) is 13.2.